The molecule has 110 valence electrons. The van der Waals surface area contributed by atoms with Gasteiger partial charge in [0.15, 0.2) is 0 Å². The van der Waals surface area contributed by atoms with Crippen LogP contribution in [-0.2, 0) is 10.9 Å². The summed E-state index contributed by atoms with van der Waals surface area (Å²) >= 11 is 0. The van der Waals surface area contributed by atoms with Crippen molar-refractivity contribution < 1.29 is 25.2 Å². The zero-order valence-electron chi connectivity index (χ0n) is 10.4. The van der Waals surface area contributed by atoms with E-state index in [1.165, 1.54) is 37.2 Å². The van der Waals surface area contributed by atoms with Crippen LogP contribution in [0, 0.1) is 0 Å². The van der Waals surface area contributed by atoms with Crippen molar-refractivity contribution in [2.24, 2.45) is 0 Å². The maximum absolute atomic E-state index is 10.7. The first-order valence-corrected chi connectivity index (χ1v) is 9.41. The molecule has 0 aromatic heterocycles. The van der Waals surface area contributed by atoms with Crippen LogP contribution in [0.3, 0.4) is 0 Å². The Morgan fingerprint density at radius 2 is 1.24 bits per heavy atom. The summed E-state index contributed by atoms with van der Waals surface area (Å²) in [5.74, 6) is 2.85. The number of unbranched alkanes of at least 4 members (excludes halogenated alkanes) is 3. The van der Waals surface area contributed by atoms with Gasteiger partial charge < -0.3 is 0 Å². The summed E-state index contributed by atoms with van der Waals surface area (Å²) in [6.45, 7) is 4.56. The Labute approximate surface area is 102 Å². The average Bonchev–Trinajstić information content (AvgIpc) is 2.07. The Balaban J connectivity index is 0. The molecule has 0 aromatic rings. The Kier molecular flexibility index (Phi) is 7.54. The van der Waals surface area contributed by atoms with Crippen molar-refractivity contribution >= 4 is 18.7 Å². The Hall–Kier alpha value is 0.360. The molecule has 0 bridgehead atoms. The first-order chi connectivity index (χ1) is 7.26. The number of rotatable bonds is 6. The molecule has 0 aliphatic carbocycles. The molecule has 0 saturated carbocycles. The molecule has 1 unspecified atom stereocenters. The van der Waals surface area contributed by atoms with E-state index in [-0.39, 0.29) is 0 Å². The second kappa shape index (κ2) is 6.50. The number of hydrogen-bond donors (Lipinski definition) is 0. The fourth-order valence-corrected chi connectivity index (χ4v) is 1.91. The van der Waals surface area contributed by atoms with Gasteiger partial charge in [-0.25, -0.2) is 0 Å². The van der Waals surface area contributed by atoms with E-state index >= 15 is 0 Å². The molecule has 0 saturated heterocycles. The zero-order chi connectivity index (χ0) is 14.2. The van der Waals surface area contributed by atoms with E-state index < -0.39 is 7.81 Å². The molecule has 0 radical (unpaired) electrons. The zero-order valence-corrected chi connectivity index (χ0v) is 12.1. The second-order valence-corrected chi connectivity index (χ2v) is 8.26. The van der Waals surface area contributed by atoms with Crippen molar-refractivity contribution in [2.75, 3.05) is 17.8 Å². The van der Waals surface area contributed by atoms with Gasteiger partial charge in [0.25, 0.3) is 0 Å². The molecule has 0 aliphatic heterocycles. The van der Waals surface area contributed by atoms with Crippen molar-refractivity contribution in [3.8, 4) is 0 Å². The maximum atomic E-state index is 9.87. The quantitative estimate of drug-likeness (QED) is 0.236. The monoisotopic (exact) mass is 306 g/mol. The Bertz CT molecular complexity index is 187. The summed E-state index contributed by atoms with van der Waals surface area (Å²) in [5, 5.41) is 0. The molecule has 0 rings (SSSR count). The standard InChI is InChI=1S/C9H21S.F6P/c1-4-6-7-8-9-10(3)5-2;1-7(2,3,4,5)6/h4-9H2,1-3H3;/q+1;-1. The van der Waals surface area contributed by atoms with Crippen LogP contribution in [0.5, 0.6) is 0 Å². The Morgan fingerprint density at radius 1 is 0.824 bits per heavy atom. The summed E-state index contributed by atoms with van der Waals surface area (Å²) in [5.41, 5.74) is 0. The fourth-order valence-electron chi connectivity index (χ4n) is 0.920. The second-order valence-electron chi connectivity index (χ2n) is 3.79. The van der Waals surface area contributed by atoms with Crippen LogP contribution in [0.25, 0.3) is 0 Å². The summed E-state index contributed by atoms with van der Waals surface area (Å²) in [7, 11) is -9.94. The number of halogens is 6. The minimum absolute atomic E-state index is 0.720. The van der Waals surface area contributed by atoms with Crippen LogP contribution >= 0.6 is 7.81 Å². The van der Waals surface area contributed by atoms with Crippen molar-refractivity contribution in [2.45, 2.75) is 39.5 Å². The van der Waals surface area contributed by atoms with Crippen molar-refractivity contribution in [1.82, 2.24) is 0 Å². The molecule has 0 fully saturated rings. The van der Waals surface area contributed by atoms with E-state index in [1.54, 1.807) is 0 Å². The molecule has 0 heterocycles. The van der Waals surface area contributed by atoms with Crippen molar-refractivity contribution in [3.05, 3.63) is 0 Å². The molecule has 8 heteroatoms. The predicted molar refractivity (Wildman–Crippen MR) is 66.4 cm³/mol. The summed E-state index contributed by atoms with van der Waals surface area (Å²) in [6, 6.07) is 0. The van der Waals surface area contributed by atoms with Gasteiger partial charge in [-0.15, -0.1) is 0 Å². The summed E-state index contributed by atoms with van der Waals surface area (Å²) in [6.07, 6.45) is 8.09. The van der Waals surface area contributed by atoms with Crippen LogP contribution in [0.2, 0.25) is 0 Å². The van der Waals surface area contributed by atoms with Gasteiger partial charge in [0.2, 0.25) is 0 Å². The van der Waals surface area contributed by atoms with Gasteiger partial charge in [0, 0.05) is 0 Å². The first kappa shape index (κ1) is 19.7. The molecule has 0 aromatic carbocycles. The third-order valence-electron chi connectivity index (χ3n) is 1.84. The molecular formula is C9H21F6PS. The molecule has 0 spiro atoms. The molecule has 0 nitrogen and oxygen atoms in total. The first-order valence-electron chi connectivity index (χ1n) is 5.41. The molecule has 0 aliphatic rings. The van der Waals surface area contributed by atoms with Crippen LogP contribution in [0.1, 0.15) is 39.5 Å². The molecular weight excluding hydrogens is 285 g/mol. The molecule has 17 heavy (non-hydrogen) atoms. The molecule has 0 amide bonds. The topological polar surface area (TPSA) is 0 Å². The normalized spacial score (nSPS) is 17.5. The van der Waals surface area contributed by atoms with Gasteiger partial charge in [0.05, 0.1) is 6.26 Å². The number of hydrogen-bond acceptors (Lipinski definition) is 0. The van der Waals surface area contributed by atoms with Crippen LogP contribution in [0.15, 0.2) is 0 Å². The van der Waals surface area contributed by atoms with Crippen LogP contribution in [0.4, 0.5) is 25.2 Å². The van der Waals surface area contributed by atoms with Crippen LogP contribution < -0.4 is 0 Å². The van der Waals surface area contributed by atoms with E-state index in [4.69, 9.17) is 0 Å². The average molecular weight is 306 g/mol. The van der Waals surface area contributed by atoms with E-state index in [1.807, 2.05) is 0 Å². The summed E-state index contributed by atoms with van der Waals surface area (Å²) < 4.78 is 59.2. The van der Waals surface area contributed by atoms with Gasteiger partial charge >= 0.3 is 33.0 Å². The third kappa shape index (κ3) is 48.3. The minimum atomic E-state index is -10.7. The fraction of sp³-hybridized carbons (Fsp3) is 1.00. The summed E-state index contributed by atoms with van der Waals surface area (Å²) in [4.78, 5) is 0. The predicted octanol–water partition coefficient (Wildman–Crippen LogP) is 6.22. The Morgan fingerprint density at radius 3 is 1.53 bits per heavy atom. The van der Waals surface area contributed by atoms with Crippen molar-refractivity contribution in [1.29, 1.82) is 0 Å². The third-order valence-corrected chi connectivity index (χ3v) is 3.81. The van der Waals surface area contributed by atoms with E-state index in [0.717, 1.165) is 10.9 Å². The van der Waals surface area contributed by atoms with E-state index in [0.29, 0.717) is 0 Å². The molecule has 0 N–H and O–H groups in total. The van der Waals surface area contributed by atoms with Gasteiger partial charge in [-0.1, -0.05) is 19.8 Å². The van der Waals surface area contributed by atoms with E-state index in [2.05, 4.69) is 20.1 Å². The molecule has 1 atom stereocenters. The van der Waals surface area contributed by atoms with Gasteiger partial charge in [-0.2, -0.15) is 0 Å². The van der Waals surface area contributed by atoms with E-state index in [9.17, 15) is 25.2 Å². The van der Waals surface area contributed by atoms with Crippen molar-refractivity contribution in [3.63, 3.8) is 0 Å². The van der Waals surface area contributed by atoms with Crippen LogP contribution in [-0.4, -0.2) is 17.8 Å². The SMILES string of the molecule is CCCCCC[S+](C)CC.F[P-](F)(F)(F)(F)F. The van der Waals surface area contributed by atoms with Gasteiger partial charge in [-0.3, -0.25) is 0 Å². The van der Waals surface area contributed by atoms with Gasteiger partial charge in [0.1, 0.15) is 11.5 Å². The van der Waals surface area contributed by atoms with Gasteiger partial charge in [-0.05, 0) is 30.7 Å².